The van der Waals surface area contributed by atoms with Gasteiger partial charge in [-0.25, -0.2) is 0 Å². The van der Waals surface area contributed by atoms with Gasteiger partial charge in [0, 0.05) is 30.7 Å². The van der Waals surface area contributed by atoms with Gasteiger partial charge in [-0.1, -0.05) is 19.1 Å². The van der Waals surface area contributed by atoms with Crippen molar-refractivity contribution in [2.75, 3.05) is 11.9 Å². The number of phenols is 1. The molecular formula is C22H26N2O. The summed E-state index contributed by atoms with van der Waals surface area (Å²) in [5.41, 5.74) is 9.35. The second-order valence-corrected chi connectivity index (χ2v) is 7.35. The summed E-state index contributed by atoms with van der Waals surface area (Å²) in [6.45, 7) is 10.0. The fourth-order valence-corrected chi connectivity index (χ4v) is 4.47. The largest absolute Gasteiger partial charge is 0.508 e. The molecule has 2 heterocycles. The quantitative estimate of drug-likeness (QED) is 0.712. The highest BCUT2D eigenvalue weighted by Gasteiger charge is 2.28. The number of hydrogen-bond acceptors (Lipinski definition) is 2. The summed E-state index contributed by atoms with van der Waals surface area (Å²) in [6, 6.07) is 10.5. The molecule has 1 atom stereocenters. The maximum Gasteiger partial charge on any atom is 0.115 e. The Bertz CT molecular complexity index is 966. The maximum absolute atomic E-state index is 9.69. The third kappa shape index (κ3) is 2.18. The van der Waals surface area contributed by atoms with Crippen LogP contribution in [0.4, 0.5) is 5.69 Å². The van der Waals surface area contributed by atoms with Gasteiger partial charge in [-0.3, -0.25) is 0 Å². The number of phenolic OH excluding ortho intramolecular Hbond substituents is 1. The van der Waals surface area contributed by atoms with E-state index < -0.39 is 0 Å². The van der Waals surface area contributed by atoms with Gasteiger partial charge in [0.1, 0.15) is 5.75 Å². The molecule has 1 aliphatic heterocycles. The molecule has 0 fully saturated rings. The molecule has 0 radical (unpaired) electrons. The number of likely N-dealkylation sites (N-methyl/N-ethyl adjacent to an activating group) is 1. The van der Waals surface area contributed by atoms with E-state index >= 15 is 0 Å². The van der Waals surface area contributed by atoms with Crippen molar-refractivity contribution in [2.24, 2.45) is 0 Å². The van der Waals surface area contributed by atoms with E-state index in [9.17, 15) is 5.11 Å². The Kier molecular flexibility index (Phi) is 3.57. The summed E-state index contributed by atoms with van der Waals surface area (Å²) in [7, 11) is 2.22. The van der Waals surface area contributed by atoms with Crippen LogP contribution in [0, 0.1) is 13.8 Å². The first-order valence-corrected chi connectivity index (χ1v) is 9.11. The van der Waals surface area contributed by atoms with Crippen molar-refractivity contribution < 1.29 is 5.11 Å². The molecule has 0 amide bonds. The molecule has 130 valence electrons. The average Bonchev–Trinajstić information content (AvgIpc) is 2.90. The zero-order chi connectivity index (χ0) is 17.9. The summed E-state index contributed by atoms with van der Waals surface area (Å²) in [4.78, 5) is 2.44. The molecule has 1 N–H and O–H groups in total. The lowest BCUT2D eigenvalue weighted by atomic mass is 9.88. The second-order valence-electron chi connectivity index (χ2n) is 7.35. The normalized spacial score (nSPS) is 16.7. The Morgan fingerprint density at radius 3 is 2.48 bits per heavy atom. The molecule has 1 aromatic heterocycles. The molecule has 0 unspecified atom stereocenters. The lowest BCUT2D eigenvalue weighted by Crippen LogP contribution is -2.37. The Labute approximate surface area is 149 Å². The fourth-order valence-electron chi connectivity index (χ4n) is 4.47. The molecule has 3 heteroatoms. The average molecular weight is 334 g/mol. The summed E-state index contributed by atoms with van der Waals surface area (Å²) < 4.78 is 2.48. The number of aryl methyl sites for hydroxylation is 1. The number of nitrogens with zero attached hydrogens (tertiary/aromatic N) is 2. The smallest absolute Gasteiger partial charge is 0.115 e. The van der Waals surface area contributed by atoms with Crippen molar-refractivity contribution in [1.29, 1.82) is 0 Å². The fraction of sp³-hybridized carbons (Fsp3) is 0.364. The van der Waals surface area contributed by atoms with Crippen molar-refractivity contribution in [1.82, 2.24) is 4.57 Å². The molecule has 1 aliphatic rings. The molecule has 3 aromatic rings. The van der Waals surface area contributed by atoms with Crippen LogP contribution in [0.2, 0.25) is 0 Å². The van der Waals surface area contributed by atoms with Crippen molar-refractivity contribution in [2.45, 2.75) is 46.7 Å². The number of rotatable bonds is 2. The highest BCUT2D eigenvalue weighted by atomic mass is 16.3. The van der Waals surface area contributed by atoms with Gasteiger partial charge in [-0.15, -0.1) is 0 Å². The van der Waals surface area contributed by atoms with E-state index in [1.807, 2.05) is 12.1 Å². The third-order valence-corrected chi connectivity index (χ3v) is 5.88. The summed E-state index contributed by atoms with van der Waals surface area (Å²) in [5.74, 6) is 0.315. The SMILES string of the molecule is CCc1c(C)c2c3c(cc(C)n3C[C@@H](C)N2C)c1-c1ccc(O)cc1. The lowest BCUT2D eigenvalue weighted by molar-refractivity contribution is 0.475. The van der Waals surface area contributed by atoms with E-state index in [4.69, 9.17) is 0 Å². The standard InChI is InChI=1S/C22H26N2O/c1-6-18-15(4)21-22-19(20(18)16-7-9-17(25)10-8-16)11-13(2)24(22)12-14(3)23(21)5/h7-11,14,25H,6,12H2,1-5H3/t14-/m1/s1. The first-order chi connectivity index (χ1) is 11.9. The minimum atomic E-state index is 0.315. The Morgan fingerprint density at radius 1 is 1.16 bits per heavy atom. The molecule has 2 aromatic carbocycles. The topological polar surface area (TPSA) is 28.4 Å². The van der Waals surface area contributed by atoms with E-state index in [1.165, 1.54) is 44.5 Å². The first-order valence-electron chi connectivity index (χ1n) is 9.11. The summed E-state index contributed by atoms with van der Waals surface area (Å²) in [5, 5.41) is 11.0. The molecular weight excluding hydrogens is 308 g/mol. The van der Waals surface area contributed by atoms with Crippen molar-refractivity contribution in [3.63, 3.8) is 0 Å². The Morgan fingerprint density at radius 2 is 1.84 bits per heavy atom. The van der Waals surface area contributed by atoms with E-state index in [-0.39, 0.29) is 0 Å². The number of benzene rings is 2. The van der Waals surface area contributed by atoms with Crippen LogP contribution < -0.4 is 4.90 Å². The molecule has 25 heavy (non-hydrogen) atoms. The van der Waals surface area contributed by atoms with Crippen LogP contribution in [-0.2, 0) is 13.0 Å². The van der Waals surface area contributed by atoms with Gasteiger partial charge < -0.3 is 14.6 Å². The molecule has 0 saturated carbocycles. The zero-order valence-corrected chi connectivity index (χ0v) is 15.7. The second kappa shape index (κ2) is 5.55. The van der Waals surface area contributed by atoms with Gasteiger partial charge in [-0.2, -0.15) is 0 Å². The predicted molar refractivity (Wildman–Crippen MR) is 106 cm³/mol. The molecule has 4 rings (SSSR count). The van der Waals surface area contributed by atoms with Crippen LogP contribution in [0.5, 0.6) is 5.75 Å². The van der Waals surface area contributed by atoms with Crippen molar-refractivity contribution >= 4 is 16.6 Å². The van der Waals surface area contributed by atoms with Crippen LogP contribution in [-0.4, -0.2) is 22.8 Å². The molecule has 0 saturated heterocycles. The van der Waals surface area contributed by atoms with Crippen molar-refractivity contribution in [3.05, 3.63) is 47.2 Å². The first kappa shape index (κ1) is 16.1. The van der Waals surface area contributed by atoms with E-state index in [0.717, 1.165) is 13.0 Å². The predicted octanol–water partition coefficient (Wildman–Crippen LogP) is 5.03. The molecule has 0 aliphatic carbocycles. The van der Waals surface area contributed by atoms with Gasteiger partial charge in [0.25, 0.3) is 0 Å². The number of aromatic nitrogens is 1. The van der Waals surface area contributed by atoms with Gasteiger partial charge in [-0.05, 0) is 67.6 Å². The number of aromatic hydroxyl groups is 1. The van der Waals surface area contributed by atoms with Crippen LogP contribution in [0.25, 0.3) is 22.0 Å². The Hall–Kier alpha value is -2.42. The number of hydrogen-bond donors (Lipinski definition) is 1. The summed E-state index contributed by atoms with van der Waals surface area (Å²) in [6.07, 6.45) is 0.997. The highest BCUT2D eigenvalue weighted by molar-refractivity contribution is 6.06. The van der Waals surface area contributed by atoms with Crippen molar-refractivity contribution in [3.8, 4) is 16.9 Å². The summed E-state index contributed by atoms with van der Waals surface area (Å²) >= 11 is 0. The lowest BCUT2D eigenvalue weighted by Gasteiger charge is -2.36. The van der Waals surface area contributed by atoms with Gasteiger partial charge in [0.15, 0.2) is 0 Å². The van der Waals surface area contributed by atoms with E-state index in [2.05, 4.69) is 50.3 Å². The highest BCUT2D eigenvalue weighted by Crippen LogP contribution is 2.45. The Balaban J connectivity index is 2.15. The third-order valence-electron chi connectivity index (χ3n) is 5.88. The van der Waals surface area contributed by atoms with E-state index in [0.29, 0.717) is 11.8 Å². The monoisotopic (exact) mass is 334 g/mol. The maximum atomic E-state index is 9.69. The zero-order valence-electron chi connectivity index (χ0n) is 15.7. The molecule has 0 bridgehead atoms. The van der Waals surface area contributed by atoms with Crippen LogP contribution in [0.3, 0.4) is 0 Å². The molecule has 0 spiro atoms. The van der Waals surface area contributed by atoms with Gasteiger partial charge in [0.05, 0.1) is 11.2 Å². The minimum absolute atomic E-state index is 0.315. The van der Waals surface area contributed by atoms with E-state index in [1.54, 1.807) is 12.1 Å². The van der Waals surface area contributed by atoms with Crippen LogP contribution in [0.1, 0.15) is 30.7 Å². The van der Waals surface area contributed by atoms with Crippen LogP contribution >= 0.6 is 0 Å². The number of anilines is 1. The van der Waals surface area contributed by atoms with Gasteiger partial charge in [0.2, 0.25) is 0 Å². The van der Waals surface area contributed by atoms with Gasteiger partial charge >= 0.3 is 0 Å². The van der Waals surface area contributed by atoms with Crippen LogP contribution in [0.15, 0.2) is 30.3 Å². The minimum Gasteiger partial charge on any atom is -0.508 e. The molecule has 3 nitrogen and oxygen atoms in total.